The minimum absolute atomic E-state index is 0.204. The molecule has 2 aliphatic carbocycles. The van der Waals surface area contributed by atoms with Gasteiger partial charge in [-0.3, -0.25) is 0 Å². The first-order valence-corrected chi connectivity index (χ1v) is 11.5. The van der Waals surface area contributed by atoms with E-state index < -0.39 is 0 Å². The van der Waals surface area contributed by atoms with E-state index in [-0.39, 0.29) is 5.92 Å². The number of benzene rings is 5. The second-order valence-corrected chi connectivity index (χ2v) is 9.17. The maximum atomic E-state index is 5.26. The fourth-order valence-corrected chi connectivity index (χ4v) is 5.94. The maximum Gasteiger partial charge on any atom is 0.0791 e. The monoisotopic (exact) mass is 417 g/mol. The number of para-hydroxylation sites is 1. The third-order valence-corrected chi connectivity index (χ3v) is 7.42. The lowest BCUT2D eigenvalue weighted by atomic mass is 9.79. The van der Waals surface area contributed by atoms with Gasteiger partial charge in [0.15, 0.2) is 0 Å². The van der Waals surface area contributed by atoms with Gasteiger partial charge in [0, 0.05) is 22.4 Å². The molecule has 0 N–H and O–H groups in total. The second kappa shape index (κ2) is 6.17. The molecule has 1 nitrogen and oxygen atoms in total. The Hall–Kier alpha value is -4.23. The van der Waals surface area contributed by atoms with Crippen molar-refractivity contribution in [3.63, 3.8) is 0 Å². The molecule has 1 heteroatoms. The first kappa shape index (κ1) is 17.3. The van der Waals surface area contributed by atoms with E-state index in [1.54, 1.807) is 0 Å². The zero-order valence-electron chi connectivity index (χ0n) is 17.9. The summed E-state index contributed by atoms with van der Waals surface area (Å²) >= 11 is 0. The third kappa shape index (κ3) is 2.29. The zero-order valence-corrected chi connectivity index (χ0v) is 17.9. The van der Waals surface area contributed by atoms with Gasteiger partial charge in [-0.2, -0.15) is 0 Å². The van der Waals surface area contributed by atoms with Crippen LogP contribution in [0.25, 0.3) is 60.9 Å². The number of hydrogen-bond acceptors (Lipinski definition) is 1. The Balaban J connectivity index is 1.62. The van der Waals surface area contributed by atoms with E-state index in [9.17, 15) is 0 Å². The molecule has 0 bridgehead atoms. The molecule has 8 rings (SSSR count). The van der Waals surface area contributed by atoms with Crippen molar-refractivity contribution >= 4 is 38.5 Å². The quantitative estimate of drug-likeness (QED) is 0.242. The van der Waals surface area contributed by atoms with E-state index >= 15 is 0 Å². The van der Waals surface area contributed by atoms with Gasteiger partial charge < -0.3 is 0 Å². The van der Waals surface area contributed by atoms with Crippen LogP contribution in [0.15, 0.2) is 103 Å². The first-order chi connectivity index (χ1) is 16.3. The number of pyridine rings is 1. The van der Waals surface area contributed by atoms with Gasteiger partial charge in [0.1, 0.15) is 0 Å². The molecule has 6 aromatic rings. The number of aromatic nitrogens is 1. The van der Waals surface area contributed by atoms with Crippen molar-refractivity contribution in [3.8, 4) is 22.4 Å². The third-order valence-electron chi connectivity index (χ3n) is 7.42. The molecule has 0 amide bonds. The Kier molecular flexibility index (Phi) is 3.24. The smallest absolute Gasteiger partial charge is 0.0791 e. The molecule has 0 saturated carbocycles. The van der Waals surface area contributed by atoms with E-state index in [0.717, 1.165) is 11.2 Å². The number of rotatable bonds is 0. The van der Waals surface area contributed by atoms with E-state index in [4.69, 9.17) is 4.98 Å². The second-order valence-electron chi connectivity index (χ2n) is 9.17. The highest BCUT2D eigenvalue weighted by atomic mass is 14.7. The van der Waals surface area contributed by atoms with E-state index in [1.807, 2.05) is 0 Å². The molecular weight excluding hydrogens is 398 g/mol. The van der Waals surface area contributed by atoms with Crippen molar-refractivity contribution < 1.29 is 0 Å². The van der Waals surface area contributed by atoms with Gasteiger partial charge in [0.25, 0.3) is 0 Å². The maximum absolute atomic E-state index is 5.26. The van der Waals surface area contributed by atoms with Crippen LogP contribution in [0.5, 0.6) is 0 Å². The molecule has 1 atom stereocenters. The Labute approximate surface area is 191 Å². The van der Waals surface area contributed by atoms with Gasteiger partial charge in [0.05, 0.1) is 11.2 Å². The molecule has 33 heavy (non-hydrogen) atoms. The summed E-state index contributed by atoms with van der Waals surface area (Å²) in [5.41, 5.74) is 9.97. The lowest BCUT2D eigenvalue weighted by Gasteiger charge is -2.24. The van der Waals surface area contributed by atoms with Crippen LogP contribution in [-0.4, -0.2) is 4.98 Å². The zero-order chi connectivity index (χ0) is 21.5. The summed E-state index contributed by atoms with van der Waals surface area (Å²) in [6.45, 7) is 0. The van der Waals surface area contributed by atoms with Crippen LogP contribution in [0, 0.1) is 0 Å². The minimum Gasteiger partial charge on any atom is -0.247 e. The Morgan fingerprint density at radius 2 is 1.33 bits per heavy atom. The highest BCUT2D eigenvalue weighted by Crippen LogP contribution is 2.51. The van der Waals surface area contributed by atoms with Crippen LogP contribution in [0.1, 0.15) is 22.6 Å². The van der Waals surface area contributed by atoms with Gasteiger partial charge >= 0.3 is 0 Å². The van der Waals surface area contributed by atoms with E-state index in [2.05, 4.69) is 109 Å². The molecule has 1 aromatic heterocycles. The fourth-order valence-electron chi connectivity index (χ4n) is 5.94. The van der Waals surface area contributed by atoms with Gasteiger partial charge in [-0.15, -0.1) is 0 Å². The molecule has 5 aromatic carbocycles. The Morgan fingerprint density at radius 3 is 2.24 bits per heavy atom. The summed E-state index contributed by atoms with van der Waals surface area (Å²) < 4.78 is 0. The Morgan fingerprint density at radius 1 is 0.576 bits per heavy atom. The molecule has 2 aliphatic rings. The number of hydrogen-bond donors (Lipinski definition) is 0. The lowest BCUT2D eigenvalue weighted by molar-refractivity contribution is 1.05. The fraction of sp³-hybridized carbons (Fsp3) is 0.0312. The average molecular weight is 418 g/mol. The lowest BCUT2D eigenvalue weighted by Crippen LogP contribution is -2.05. The summed E-state index contributed by atoms with van der Waals surface area (Å²) in [6.07, 6.45) is 4.70. The summed E-state index contributed by atoms with van der Waals surface area (Å²) in [7, 11) is 0. The van der Waals surface area contributed by atoms with Crippen molar-refractivity contribution in [3.05, 3.63) is 120 Å². The highest BCUT2D eigenvalue weighted by molar-refractivity contribution is 6.06. The molecule has 1 heterocycles. The average Bonchev–Trinajstić information content (AvgIpc) is 2.98. The molecule has 0 fully saturated rings. The van der Waals surface area contributed by atoms with Gasteiger partial charge in [-0.05, 0) is 68.1 Å². The number of allylic oxidation sites excluding steroid dienone is 1. The predicted molar refractivity (Wildman–Crippen MR) is 139 cm³/mol. The van der Waals surface area contributed by atoms with Gasteiger partial charge in [-0.1, -0.05) is 84.9 Å². The van der Waals surface area contributed by atoms with Crippen molar-refractivity contribution in [1.82, 2.24) is 4.98 Å². The molecular formula is C32H19N. The summed E-state index contributed by atoms with van der Waals surface area (Å²) in [4.78, 5) is 5.26. The van der Waals surface area contributed by atoms with Crippen LogP contribution in [0.2, 0.25) is 0 Å². The molecule has 152 valence electrons. The molecule has 0 aliphatic heterocycles. The normalized spacial score (nSPS) is 15.5. The van der Waals surface area contributed by atoms with Crippen LogP contribution >= 0.6 is 0 Å². The first-order valence-electron chi connectivity index (χ1n) is 11.5. The van der Waals surface area contributed by atoms with Crippen LogP contribution in [0.3, 0.4) is 0 Å². The van der Waals surface area contributed by atoms with Crippen LogP contribution in [0.4, 0.5) is 0 Å². The highest BCUT2D eigenvalue weighted by Gasteiger charge is 2.31. The SMILES string of the molecule is C1=CC2c3cc4ccccc4cc3-c3nc4ccccc4cc3-c3ccc4cccc1c4c32. The summed E-state index contributed by atoms with van der Waals surface area (Å²) in [5.74, 6) is 0.204. The van der Waals surface area contributed by atoms with E-state index in [0.29, 0.717) is 0 Å². The summed E-state index contributed by atoms with van der Waals surface area (Å²) in [5, 5.41) is 6.40. The standard InChI is InChI=1S/C32H19N/c1-2-7-22-17-28-26(16-21(22)6-1)24-14-12-19-9-5-10-20-13-15-25(31(24)30(19)20)27-18-23-8-3-4-11-29(23)33-32(27)28/h1-18,24H. The summed E-state index contributed by atoms with van der Waals surface area (Å²) in [6, 6.07) is 35.5. The van der Waals surface area contributed by atoms with E-state index in [1.165, 1.54) is 60.3 Å². The van der Waals surface area contributed by atoms with Gasteiger partial charge in [0.2, 0.25) is 0 Å². The molecule has 0 saturated heterocycles. The topological polar surface area (TPSA) is 12.9 Å². The molecule has 0 spiro atoms. The van der Waals surface area contributed by atoms with Crippen molar-refractivity contribution in [2.75, 3.05) is 0 Å². The molecule has 0 radical (unpaired) electrons. The number of fused-ring (bicyclic) bond motifs is 7. The van der Waals surface area contributed by atoms with Crippen LogP contribution < -0.4 is 0 Å². The van der Waals surface area contributed by atoms with Crippen LogP contribution in [-0.2, 0) is 0 Å². The Bertz CT molecular complexity index is 1820. The van der Waals surface area contributed by atoms with Crippen molar-refractivity contribution in [1.29, 1.82) is 0 Å². The largest absolute Gasteiger partial charge is 0.247 e. The van der Waals surface area contributed by atoms with Crippen molar-refractivity contribution in [2.45, 2.75) is 5.92 Å². The minimum atomic E-state index is 0.204. The number of nitrogens with zero attached hydrogens (tertiary/aromatic N) is 1. The van der Waals surface area contributed by atoms with Crippen molar-refractivity contribution in [2.24, 2.45) is 0 Å². The molecule has 1 unspecified atom stereocenters. The van der Waals surface area contributed by atoms with Gasteiger partial charge in [-0.25, -0.2) is 4.98 Å². The predicted octanol–water partition coefficient (Wildman–Crippen LogP) is 8.35.